The number of unbranched alkanes of at least 4 members (excludes halogenated alkanes) is 3. The van der Waals surface area contributed by atoms with Gasteiger partial charge in [0.15, 0.2) is 11.5 Å². The van der Waals surface area contributed by atoms with Gasteiger partial charge in [-0.3, -0.25) is 37.6 Å². The van der Waals surface area contributed by atoms with Gasteiger partial charge in [0.25, 0.3) is 56.4 Å². The maximum atomic E-state index is 13.6. The average Bonchev–Trinajstić information content (AvgIpc) is 1.55. The van der Waals surface area contributed by atoms with Crippen molar-refractivity contribution in [1.82, 2.24) is 25.8 Å². The van der Waals surface area contributed by atoms with Gasteiger partial charge in [0.2, 0.25) is 15.9 Å². The zero-order valence-corrected chi connectivity index (χ0v) is 56.5. The third-order valence-electron chi connectivity index (χ3n) is 16.4. The molecule has 0 radical (unpaired) electrons. The van der Waals surface area contributed by atoms with Crippen molar-refractivity contribution >= 4 is 124 Å². The van der Waals surface area contributed by atoms with E-state index in [-0.39, 0.29) is 81.2 Å². The lowest BCUT2D eigenvalue weighted by Crippen LogP contribution is -2.28. The number of nitrogens with one attached hydrogen (secondary N) is 2. The fourth-order valence-electron chi connectivity index (χ4n) is 11.8. The normalized spacial score (nSPS) is 15.5. The van der Waals surface area contributed by atoms with Gasteiger partial charge in [-0.05, 0) is 121 Å². The molecule has 2 amide bonds. The van der Waals surface area contributed by atoms with Crippen LogP contribution < -0.4 is 20.7 Å². The molecular weight excluding hydrogens is 1330 g/mol. The van der Waals surface area contributed by atoms with Crippen molar-refractivity contribution in [3.8, 4) is 0 Å². The second-order valence-corrected chi connectivity index (χ2v) is 32.4. The number of primary sulfonamides is 1. The van der Waals surface area contributed by atoms with E-state index in [0.29, 0.717) is 82.4 Å². The number of hydrogen-bond acceptors (Lipinski definition) is 18. The molecule has 0 fully saturated rings. The Kier molecular flexibility index (Phi) is 20.6. The highest BCUT2D eigenvalue weighted by Gasteiger charge is 2.46. The molecule has 31 heteroatoms. The largest absolute Gasteiger partial charge is 0.352 e. The number of nitrogens with zero attached hydrogens (tertiary/aromatic N) is 5. The molecule has 0 spiro atoms. The van der Waals surface area contributed by atoms with Gasteiger partial charge in [-0.1, -0.05) is 87.4 Å². The highest BCUT2D eigenvalue weighted by Crippen LogP contribution is 2.52. The van der Waals surface area contributed by atoms with Crippen LogP contribution in [0.5, 0.6) is 0 Å². The summed E-state index contributed by atoms with van der Waals surface area (Å²) >= 11 is 0.717. The molecule has 0 atom stereocenters. The van der Waals surface area contributed by atoms with Gasteiger partial charge < -0.3 is 15.5 Å². The number of allylic oxidation sites excluding steroid dienone is 6. The van der Waals surface area contributed by atoms with E-state index in [1.54, 1.807) is 79.4 Å². The Morgan fingerprint density at radius 3 is 2.03 bits per heavy atom. The zero-order chi connectivity index (χ0) is 68.5. The van der Waals surface area contributed by atoms with Crippen molar-refractivity contribution < 1.29 is 79.3 Å². The standard InChI is InChI=1S/C63H68N8O17S6/c1-6-7-30-70-50-25-19-40-17-22-44(92(80,81)82)33-47(40)58(50)62(2,3)54(70)27-20-41(21-28-55-63(4,5)59-48-34-45(93(83,84)85)35-53(94(86,87)88)46(48)23-26-51(59)71(55)31-11-32-90(75,76)77)49-24-18-43(38-66-49)60(74)65-29-10-8-9-12-56(73)67-37-39-13-15-42(16-14-39)52(72)36-57-68-69-61(89-57)91(64,78)79/h13-28,33-35,38H,6-12,29-32,36-37H2,1-5H3,(H7-,64,65,67,73,74,75,76,77,78,79,80,81,82,83,84,85,86,87,88)/p+1. The number of carbonyl (C=O) groups is 3. The Balaban J connectivity index is 0.978. The summed E-state index contributed by atoms with van der Waals surface area (Å²) in [5.74, 6) is -1.57. The molecule has 2 aromatic heterocycles. The lowest BCUT2D eigenvalue weighted by Gasteiger charge is -2.27. The molecule has 8 N–H and O–H groups in total. The molecule has 4 heterocycles. The first-order valence-electron chi connectivity index (χ1n) is 29.5. The summed E-state index contributed by atoms with van der Waals surface area (Å²) in [6.07, 6.45) is 11.8. The maximum Gasteiger partial charge on any atom is 0.295 e. The van der Waals surface area contributed by atoms with E-state index < -0.39 is 82.8 Å². The second-order valence-electron chi connectivity index (χ2n) is 23.8. The first kappa shape index (κ1) is 70.5. The number of sulfonamides is 1. The van der Waals surface area contributed by atoms with E-state index in [1.165, 1.54) is 24.4 Å². The Morgan fingerprint density at radius 2 is 1.39 bits per heavy atom. The molecular formula is C63H69N8O17S6+. The summed E-state index contributed by atoms with van der Waals surface area (Å²) in [4.78, 5) is 43.8. The van der Waals surface area contributed by atoms with Crippen LogP contribution in [0.4, 0.5) is 11.4 Å². The lowest BCUT2D eigenvalue weighted by atomic mass is 9.79. The van der Waals surface area contributed by atoms with Crippen molar-refractivity contribution in [1.29, 1.82) is 0 Å². The minimum Gasteiger partial charge on any atom is -0.352 e. The molecule has 5 aromatic carbocycles. The minimum atomic E-state index is -5.10. The molecule has 94 heavy (non-hydrogen) atoms. The van der Waals surface area contributed by atoms with Crippen LogP contribution in [-0.4, -0.2) is 129 Å². The van der Waals surface area contributed by atoms with Crippen LogP contribution >= 0.6 is 11.3 Å². The minimum absolute atomic E-state index is 0.0318. The first-order chi connectivity index (χ1) is 44.0. The summed E-state index contributed by atoms with van der Waals surface area (Å²) in [5.41, 5.74) is 3.80. The van der Waals surface area contributed by atoms with Crippen molar-refractivity contribution in [3.05, 3.63) is 166 Å². The van der Waals surface area contributed by atoms with Crippen molar-refractivity contribution in [3.63, 3.8) is 0 Å². The van der Waals surface area contributed by atoms with Gasteiger partial charge in [0.1, 0.15) is 16.4 Å². The average molecular weight is 1400 g/mol. The molecule has 2 aliphatic rings. The number of fused-ring (bicyclic) bond motifs is 6. The summed E-state index contributed by atoms with van der Waals surface area (Å²) in [6.45, 7) is 10.6. The molecule has 0 bridgehead atoms. The SMILES string of the molecule is CCCC[N+]1=C(/C=C/C(=C/C=C2/N(CCCS(=O)(=O)O)c3ccc4c(S(=O)(=O)O)cc(S(=O)(=O)O)cc4c3C2(C)C)c2ccc(C(=O)NCCCCCC(=O)NCc3ccc(C(=O)Cc4nnc(S(N)(=O)=O)s4)cc3)cn2)C(C)(C)c2c1ccc1ccc(S(=O)(=O)O)cc21. The second kappa shape index (κ2) is 27.5. The Labute approximate surface area is 548 Å². The molecule has 7 aromatic rings. The van der Waals surface area contributed by atoms with E-state index in [4.69, 9.17) is 10.1 Å². The van der Waals surface area contributed by atoms with Crippen LogP contribution in [0.2, 0.25) is 0 Å². The van der Waals surface area contributed by atoms with Gasteiger partial charge in [-0.15, -0.1) is 10.2 Å². The van der Waals surface area contributed by atoms with E-state index in [1.807, 2.05) is 38.1 Å². The fraction of sp³-hybridized carbons (Fsp3) is 0.317. The highest BCUT2D eigenvalue weighted by atomic mass is 32.3. The molecule has 498 valence electrons. The number of rotatable bonds is 27. The number of amides is 2. The number of Topliss-reactive ketones (excluding diaryl/α,β-unsaturated/α-hetero) is 1. The molecule has 0 saturated carbocycles. The number of carbonyl (C=O) groups excluding carboxylic acids is 3. The number of aromatic nitrogens is 3. The number of hydrogen-bond donors (Lipinski definition) is 7. The Hall–Kier alpha value is -7.82. The maximum absolute atomic E-state index is 13.6. The predicted molar refractivity (Wildman–Crippen MR) is 354 cm³/mol. The monoisotopic (exact) mass is 1400 g/mol. The number of ketones is 1. The van der Waals surface area contributed by atoms with E-state index in [0.717, 1.165) is 46.8 Å². The van der Waals surface area contributed by atoms with Gasteiger partial charge in [-0.2, -0.15) is 38.2 Å². The zero-order valence-electron chi connectivity index (χ0n) is 51.6. The van der Waals surface area contributed by atoms with Gasteiger partial charge in [0.05, 0.1) is 38.6 Å². The van der Waals surface area contributed by atoms with Gasteiger partial charge >= 0.3 is 0 Å². The van der Waals surface area contributed by atoms with Crippen molar-refractivity contribution in [2.24, 2.45) is 5.14 Å². The van der Waals surface area contributed by atoms with Gasteiger partial charge in [-0.25, -0.2) is 13.6 Å². The Bertz CT molecular complexity index is 4930. The first-order valence-corrected chi connectivity index (χ1v) is 37.8. The summed E-state index contributed by atoms with van der Waals surface area (Å²) in [5, 5.41) is 19.6. The van der Waals surface area contributed by atoms with Crippen LogP contribution in [0.25, 0.3) is 27.1 Å². The highest BCUT2D eigenvalue weighted by molar-refractivity contribution is 7.91. The molecule has 2 aliphatic heterocycles. The predicted octanol–water partition coefficient (Wildman–Crippen LogP) is 8.43. The van der Waals surface area contributed by atoms with E-state index in [2.05, 4.69) is 32.3 Å². The summed E-state index contributed by atoms with van der Waals surface area (Å²) < 4.78 is 166. The molecule has 0 saturated heterocycles. The topological polar surface area (TPSA) is 398 Å². The van der Waals surface area contributed by atoms with E-state index in [9.17, 15) is 74.7 Å². The number of anilines is 1. The van der Waals surface area contributed by atoms with E-state index >= 15 is 0 Å². The molecule has 25 nitrogen and oxygen atoms in total. The Morgan fingerprint density at radius 1 is 0.702 bits per heavy atom. The summed E-state index contributed by atoms with van der Waals surface area (Å²) in [6, 6.07) is 22.7. The lowest BCUT2D eigenvalue weighted by molar-refractivity contribution is -0.438. The molecule has 0 unspecified atom stereocenters. The van der Waals surface area contributed by atoms with Crippen LogP contribution in [0.15, 0.2) is 146 Å². The van der Waals surface area contributed by atoms with Crippen LogP contribution in [0, 0.1) is 0 Å². The van der Waals surface area contributed by atoms with Crippen molar-refractivity contribution in [2.45, 2.75) is 122 Å². The molecule has 0 aliphatic carbocycles. The number of nitrogens with two attached hydrogens (primary N) is 1. The number of benzene rings is 5. The quantitative estimate of drug-likeness (QED) is 0.00834. The third kappa shape index (κ3) is 15.9. The third-order valence-corrected chi connectivity index (χ3v) is 22.0. The number of pyridine rings is 1. The summed E-state index contributed by atoms with van der Waals surface area (Å²) in [7, 11) is -23.2. The van der Waals surface area contributed by atoms with Crippen LogP contribution in [-0.2, 0) is 79.1 Å². The smallest absolute Gasteiger partial charge is 0.295 e. The van der Waals surface area contributed by atoms with Crippen LogP contribution in [0.1, 0.15) is 128 Å². The fourth-order valence-corrected chi connectivity index (χ4v) is 15.7. The van der Waals surface area contributed by atoms with Crippen LogP contribution in [0.3, 0.4) is 0 Å². The molecule has 9 rings (SSSR count). The van der Waals surface area contributed by atoms with Crippen molar-refractivity contribution in [2.75, 3.05) is 30.3 Å². The van der Waals surface area contributed by atoms with Gasteiger partial charge in [0, 0.05) is 89.7 Å².